The van der Waals surface area contributed by atoms with E-state index in [9.17, 15) is 4.79 Å². The number of nitrogens with one attached hydrogen (secondary N) is 1. The van der Waals surface area contributed by atoms with Gasteiger partial charge in [-0.2, -0.15) is 0 Å². The molecular weight excluding hydrogens is 344 g/mol. The van der Waals surface area contributed by atoms with Gasteiger partial charge in [-0.3, -0.25) is 9.78 Å². The van der Waals surface area contributed by atoms with Crippen molar-refractivity contribution in [3.05, 3.63) is 59.8 Å². The summed E-state index contributed by atoms with van der Waals surface area (Å²) in [5.41, 5.74) is 4.28. The number of hydrogen-bond donors (Lipinski definition) is 1. The standard InChI is InChI=1S/C21H20N2O2S/c1-25-15-7-4-6-14(12-15)22-20(24)13-26-21-16-8-2-3-10-18(16)23-19-11-5-9-17(19)21/h2-4,6-8,10,12H,5,9,11,13H2,1H3,(H,22,24). The van der Waals surface area contributed by atoms with Crippen LogP contribution in [0.5, 0.6) is 5.75 Å². The number of carbonyl (C=O) groups is 1. The molecule has 0 aliphatic heterocycles. The zero-order valence-corrected chi connectivity index (χ0v) is 15.4. The number of ether oxygens (including phenoxy) is 1. The van der Waals surface area contributed by atoms with Crippen molar-refractivity contribution >= 4 is 34.3 Å². The molecule has 26 heavy (non-hydrogen) atoms. The average molecular weight is 364 g/mol. The number of carbonyl (C=O) groups excluding carboxylic acids is 1. The molecule has 0 saturated carbocycles. The average Bonchev–Trinajstić information content (AvgIpc) is 3.13. The van der Waals surface area contributed by atoms with Gasteiger partial charge in [-0.05, 0) is 43.0 Å². The van der Waals surface area contributed by atoms with Crippen LogP contribution in [0.1, 0.15) is 17.7 Å². The predicted molar refractivity (Wildman–Crippen MR) is 106 cm³/mol. The van der Waals surface area contributed by atoms with Crippen LogP contribution in [0.3, 0.4) is 0 Å². The molecule has 132 valence electrons. The van der Waals surface area contributed by atoms with Crippen molar-refractivity contribution in [2.24, 2.45) is 0 Å². The number of rotatable bonds is 5. The van der Waals surface area contributed by atoms with E-state index >= 15 is 0 Å². The normalized spacial score (nSPS) is 12.8. The molecule has 0 fully saturated rings. The summed E-state index contributed by atoms with van der Waals surface area (Å²) in [6.07, 6.45) is 3.22. The first kappa shape index (κ1) is 16.9. The van der Waals surface area contributed by atoms with E-state index in [0.29, 0.717) is 5.75 Å². The predicted octanol–water partition coefficient (Wildman–Crippen LogP) is 4.46. The van der Waals surface area contributed by atoms with Crippen molar-refractivity contribution in [1.29, 1.82) is 0 Å². The van der Waals surface area contributed by atoms with Gasteiger partial charge in [0.1, 0.15) is 5.75 Å². The Kier molecular flexibility index (Phi) is 4.80. The highest BCUT2D eigenvalue weighted by atomic mass is 32.2. The number of aromatic nitrogens is 1. The summed E-state index contributed by atoms with van der Waals surface area (Å²) in [6, 6.07) is 15.6. The summed E-state index contributed by atoms with van der Waals surface area (Å²) >= 11 is 1.61. The number of thioether (sulfide) groups is 1. The van der Waals surface area contributed by atoms with Crippen molar-refractivity contribution in [3.8, 4) is 5.75 Å². The van der Waals surface area contributed by atoms with Gasteiger partial charge >= 0.3 is 0 Å². The molecule has 1 amide bonds. The van der Waals surface area contributed by atoms with E-state index in [4.69, 9.17) is 9.72 Å². The van der Waals surface area contributed by atoms with Crippen LogP contribution in [0.15, 0.2) is 53.4 Å². The van der Waals surface area contributed by atoms with Crippen LogP contribution in [-0.4, -0.2) is 23.8 Å². The van der Waals surface area contributed by atoms with Gasteiger partial charge < -0.3 is 10.1 Å². The molecule has 0 bridgehead atoms. The molecule has 1 aliphatic rings. The van der Waals surface area contributed by atoms with Gasteiger partial charge in [0, 0.05) is 27.7 Å². The third-order valence-electron chi connectivity index (χ3n) is 4.57. The zero-order chi connectivity index (χ0) is 17.9. The molecule has 5 heteroatoms. The van der Waals surface area contributed by atoms with Gasteiger partial charge in [-0.1, -0.05) is 24.3 Å². The maximum absolute atomic E-state index is 12.4. The molecule has 0 atom stereocenters. The highest BCUT2D eigenvalue weighted by molar-refractivity contribution is 8.00. The van der Waals surface area contributed by atoms with Crippen molar-refractivity contribution in [1.82, 2.24) is 4.98 Å². The number of hydrogen-bond acceptors (Lipinski definition) is 4. The molecule has 0 unspecified atom stereocenters. The quantitative estimate of drug-likeness (QED) is 0.679. The minimum absolute atomic E-state index is 0.0177. The second kappa shape index (κ2) is 7.38. The third kappa shape index (κ3) is 3.40. The smallest absolute Gasteiger partial charge is 0.234 e. The number of pyridine rings is 1. The lowest BCUT2D eigenvalue weighted by molar-refractivity contribution is -0.113. The van der Waals surface area contributed by atoms with Crippen LogP contribution in [0.2, 0.25) is 0 Å². The summed E-state index contributed by atoms with van der Waals surface area (Å²) < 4.78 is 5.20. The topological polar surface area (TPSA) is 51.2 Å². The fourth-order valence-electron chi connectivity index (χ4n) is 3.37. The third-order valence-corrected chi connectivity index (χ3v) is 5.73. The SMILES string of the molecule is COc1cccc(NC(=O)CSc2c3c(nc4ccccc24)CCC3)c1. The summed E-state index contributed by atoms with van der Waals surface area (Å²) in [7, 11) is 1.62. The van der Waals surface area contributed by atoms with Crippen molar-refractivity contribution in [2.45, 2.75) is 24.2 Å². The molecule has 1 heterocycles. The second-order valence-corrected chi connectivity index (χ2v) is 7.29. The first-order chi connectivity index (χ1) is 12.7. The molecule has 3 aromatic rings. The summed E-state index contributed by atoms with van der Waals surface area (Å²) in [4.78, 5) is 18.4. The largest absolute Gasteiger partial charge is 0.497 e. The number of anilines is 1. The number of amides is 1. The molecule has 0 saturated heterocycles. The van der Waals surface area contributed by atoms with E-state index in [0.717, 1.165) is 41.6 Å². The highest BCUT2D eigenvalue weighted by Crippen LogP contribution is 2.36. The maximum atomic E-state index is 12.4. The fraction of sp³-hybridized carbons (Fsp3) is 0.238. The van der Waals surface area contributed by atoms with Gasteiger partial charge in [0.05, 0.1) is 18.4 Å². The maximum Gasteiger partial charge on any atom is 0.234 e. The molecular formula is C21H20N2O2S. The number of fused-ring (bicyclic) bond motifs is 2. The number of aryl methyl sites for hydroxylation is 1. The van der Waals surface area contributed by atoms with Crippen LogP contribution in [0, 0.1) is 0 Å². The molecule has 0 radical (unpaired) electrons. The lowest BCUT2D eigenvalue weighted by Crippen LogP contribution is -2.14. The van der Waals surface area contributed by atoms with E-state index in [1.165, 1.54) is 16.2 Å². The van der Waals surface area contributed by atoms with E-state index in [-0.39, 0.29) is 5.91 Å². The van der Waals surface area contributed by atoms with Gasteiger partial charge in [-0.15, -0.1) is 11.8 Å². The molecule has 0 spiro atoms. The van der Waals surface area contributed by atoms with E-state index in [2.05, 4.69) is 11.4 Å². The fourth-order valence-corrected chi connectivity index (χ4v) is 4.44. The molecule has 1 aromatic heterocycles. The molecule has 2 aromatic carbocycles. The Balaban J connectivity index is 1.53. The summed E-state index contributed by atoms with van der Waals surface area (Å²) in [6.45, 7) is 0. The monoisotopic (exact) mass is 364 g/mol. The second-order valence-electron chi connectivity index (χ2n) is 6.31. The first-order valence-corrected chi connectivity index (χ1v) is 9.70. The Morgan fingerprint density at radius 1 is 1.19 bits per heavy atom. The summed E-state index contributed by atoms with van der Waals surface area (Å²) in [5, 5.41) is 4.09. The number of nitrogens with zero attached hydrogens (tertiary/aromatic N) is 1. The molecule has 1 aliphatic carbocycles. The Bertz CT molecular complexity index is 971. The summed E-state index contributed by atoms with van der Waals surface area (Å²) in [5.74, 6) is 1.08. The number of methoxy groups -OCH3 is 1. The van der Waals surface area contributed by atoms with E-state index < -0.39 is 0 Å². The minimum Gasteiger partial charge on any atom is -0.497 e. The number of benzene rings is 2. The van der Waals surface area contributed by atoms with Crippen LogP contribution >= 0.6 is 11.8 Å². The van der Waals surface area contributed by atoms with Crippen molar-refractivity contribution < 1.29 is 9.53 Å². The van der Waals surface area contributed by atoms with Gasteiger partial charge in [0.15, 0.2) is 0 Å². The lowest BCUT2D eigenvalue weighted by atomic mass is 10.1. The van der Waals surface area contributed by atoms with Crippen LogP contribution < -0.4 is 10.1 Å². The Morgan fingerprint density at radius 2 is 2.08 bits per heavy atom. The van der Waals surface area contributed by atoms with Crippen molar-refractivity contribution in [3.63, 3.8) is 0 Å². The molecule has 4 nitrogen and oxygen atoms in total. The minimum atomic E-state index is -0.0177. The lowest BCUT2D eigenvalue weighted by Gasteiger charge is -2.12. The van der Waals surface area contributed by atoms with Crippen molar-refractivity contribution in [2.75, 3.05) is 18.2 Å². The Labute approximate surface area is 157 Å². The molecule has 1 N–H and O–H groups in total. The highest BCUT2D eigenvalue weighted by Gasteiger charge is 2.20. The Hall–Kier alpha value is -2.53. The molecule has 4 rings (SSSR count). The van der Waals surface area contributed by atoms with Gasteiger partial charge in [0.25, 0.3) is 0 Å². The van der Waals surface area contributed by atoms with Gasteiger partial charge in [-0.25, -0.2) is 0 Å². The van der Waals surface area contributed by atoms with E-state index in [1.54, 1.807) is 18.9 Å². The number of para-hydroxylation sites is 1. The Morgan fingerprint density at radius 3 is 2.96 bits per heavy atom. The van der Waals surface area contributed by atoms with E-state index in [1.807, 2.05) is 42.5 Å². The van der Waals surface area contributed by atoms with Crippen LogP contribution in [0.25, 0.3) is 10.9 Å². The zero-order valence-electron chi connectivity index (χ0n) is 14.6. The van der Waals surface area contributed by atoms with Crippen LogP contribution in [-0.2, 0) is 17.6 Å². The van der Waals surface area contributed by atoms with Crippen LogP contribution in [0.4, 0.5) is 5.69 Å². The first-order valence-electron chi connectivity index (χ1n) is 8.72. The van der Waals surface area contributed by atoms with Gasteiger partial charge in [0.2, 0.25) is 5.91 Å².